The summed E-state index contributed by atoms with van der Waals surface area (Å²) in [5.74, 6) is 1.08. The molecule has 0 aliphatic carbocycles. The van der Waals surface area contributed by atoms with E-state index in [1.54, 1.807) is 0 Å². The fourth-order valence-corrected chi connectivity index (χ4v) is 3.11. The second-order valence-corrected chi connectivity index (χ2v) is 6.20. The van der Waals surface area contributed by atoms with Crippen LogP contribution in [0.4, 0.5) is 0 Å². The zero-order valence-corrected chi connectivity index (χ0v) is 11.8. The number of rotatable bonds is 3. The first-order chi connectivity index (χ1) is 9.27. The zero-order chi connectivity index (χ0) is 13.1. The molecule has 3 rings (SSSR count). The smallest absolute Gasteiger partial charge is 0.124 e. The third kappa shape index (κ3) is 2.93. The standard InChI is InChI=1S/C16H24N2O/c1-16(7-3-8-18-11-16)12-19-15-5-2-4-13-6-9-17-10-14(13)15/h2,4-5,17-18H,3,6-12H2,1H3. The fraction of sp³-hybridized carbons (Fsp3) is 0.625. The molecule has 3 heteroatoms. The van der Waals surface area contributed by atoms with Gasteiger partial charge in [0.05, 0.1) is 6.61 Å². The quantitative estimate of drug-likeness (QED) is 0.873. The molecule has 0 spiro atoms. The second-order valence-electron chi connectivity index (χ2n) is 6.20. The lowest BCUT2D eigenvalue weighted by Crippen LogP contribution is -2.41. The molecule has 104 valence electrons. The maximum atomic E-state index is 6.17. The van der Waals surface area contributed by atoms with Gasteiger partial charge in [-0.25, -0.2) is 0 Å². The molecule has 1 atom stereocenters. The normalized spacial score (nSPS) is 26.8. The van der Waals surface area contributed by atoms with Gasteiger partial charge in [0, 0.05) is 24.1 Å². The van der Waals surface area contributed by atoms with Crippen LogP contribution in [0.3, 0.4) is 0 Å². The molecule has 2 N–H and O–H groups in total. The van der Waals surface area contributed by atoms with Crippen molar-refractivity contribution in [2.24, 2.45) is 5.41 Å². The van der Waals surface area contributed by atoms with E-state index in [0.29, 0.717) is 0 Å². The maximum absolute atomic E-state index is 6.17. The van der Waals surface area contributed by atoms with E-state index >= 15 is 0 Å². The van der Waals surface area contributed by atoms with Crippen molar-refractivity contribution in [3.8, 4) is 5.75 Å². The van der Waals surface area contributed by atoms with Crippen molar-refractivity contribution in [1.29, 1.82) is 0 Å². The summed E-state index contributed by atoms with van der Waals surface area (Å²) in [5, 5.41) is 6.92. The average molecular weight is 260 g/mol. The van der Waals surface area contributed by atoms with Crippen LogP contribution in [0.25, 0.3) is 0 Å². The molecule has 1 unspecified atom stereocenters. The van der Waals surface area contributed by atoms with E-state index in [-0.39, 0.29) is 5.41 Å². The van der Waals surface area contributed by atoms with Crippen molar-refractivity contribution < 1.29 is 4.74 Å². The molecule has 0 saturated carbocycles. The largest absolute Gasteiger partial charge is 0.493 e. The van der Waals surface area contributed by atoms with Gasteiger partial charge in [0.15, 0.2) is 0 Å². The van der Waals surface area contributed by atoms with Gasteiger partial charge in [-0.3, -0.25) is 0 Å². The summed E-state index contributed by atoms with van der Waals surface area (Å²) < 4.78 is 6.17. The Morgan fingerprint density at radius 1 is 1.26 bits per heavy atom. The van der Waals surface area contributed by atoms with Gasteiger partial charge in [-0.05, 0) is 44.0 Å². The highest BCUT2D eigenvalue weighted by Gasteiger charge is 2.28. The molecule has 0 radical (unpaired) electrons. The summed E-state index contributed by atoms with van der Waals surface area (Å²) in [7, 11) is 0. The van der Waals surface area contributed by atoms with Gasteiger partial charge in [-0.15, -0.1) is 0 Å². The first-order valence-electron chi connectivity index (χ1n) is 7.42. The molecular weight excluding hydrogens is 236 g/mol. The highest BCUT2D eigenvalue weighted by Crippen LogP contribution is 2.30. The van der Waals surface area contributed by atoms with Crippen LogP contribution in [0.1, 0.15) is 30.9 Å². The Kier molecular flexibility index (Phi) is 3.76. The van der Waals surface area contributed by atoms with Crippen LogP contribution < -0.4 is 15.4 Å². The van der Waals surface area contributed by atoms with Gasteiger partial charge in [0.25, 0.3) is 0 Å². The molecule has 2 heterocycles. The molecule has 1 fully saturated rings. The Bertz CT molecular complexity index is 438. The summed E-state index contributed by atoms with van der Waals surface area (Å²) in [6.07, 6.45) is 3.63. The SMILES string of the molecule is CC1(COc2cccc3c2CNCC3)CCCNC1. The molecule has 3 nitrogen and oxygen atoms in total. The van der Waals surface area contributed by atoms with Crippen molar-refractivity contribution >= 4 is 0 Å². The van der Waals surface area contributed by atoms with Crippen molar-refractivity contribution in [2.75, 3.05) is 26.2 Å². The van der Waals surface area contributed by atoms with Gasteiger partial charge < -0.3 is 15.4 Å². The zero-order valence-electron chi connectivity index (χ0n) is 11.8. The van der Waals surface area contributed by atoms with Gasteiger partial charge in [0.1, 0.15) is 5.75 Å². The second kappa shape index (κ2) is 5.51. The number of ether oxygens (including phenoxy) is 1. The predicted molar refractivity (Wildman–Crippen MR) is 77.6 cm³/mol. The van der Waals surface area contributed by atoms with Crippen LogP contribution in [-0.4, -0.2) is 26.2 Å². The van der Waals surface area contributed by atoms with E-state index in [1.807, 2.05) is 0 Å². The summed E-state index contributed by atoms with van der Waals surface area (Å²) in [6, 6.07) is 6.47. The maximum Gasteiger partial charge on any atom is 0.124 e. The molecular formula is C16H24N2O. The average Bonchev–Trinajstić information content (AvgIpc) is 2.46. The lowest BCUT2D eigenvalue weighted by atomic mass is 9.84. The molecule has 2 aliphatic heterocycles. The minimum Gasteiger partial charge on any atom is -0.493 e. The van der Waals surface area contributed by atoms with Crippen molar-refractivity contribution in [1.82, 2.24) is 10.6 Å². The van der Waals surface area contributed by atoms with E-state index < -0.39 is 0 Å². The van der Waals surface area contributed by atoms with Gasteiger partial charge in [-0.2, -0.15) is 0 Å². The van der Waals surface area contributed by atoms with Crippen LogP contribution in [0.15, 0.2) is 18.2 Å². The van der Waals surface area contributed by atoms with E-state index in [9.17, 15) is 0 Å². The lowest BCUT2D eigenvalue weighted by Gasteiger charge is -2.34. The van der Waals surface area contributed by atoms with E-state index in [4.69, 9.17) is 4.74 Å². The Balaban J connectivity index is 1.69. The van der Waals surface area contributed by atoms with Gasteiger partial charge in [0.2, 0.25) is 0 Å². The number of nitrogens with one attached hydrogen (secondary N) is 2. The molecule has 1 saturated heterocycles. The van der Waals surface area contributed by atoms with Crippen LogP contribution in [-0.2, 0) is 13.0 Å². The topological polar surface area (TPSA) is 33.3 Å². The van der Waals surface area contributed by atoms with Crippen LogP contribution >= 0.6 is 0 Å². The van der Waals surface area contributed by atoms with Crippen LogP contribution in [0.2, 0.25) is 0 Å². The molecule has 0 bridgehead atoms. The van der Waals surface area contributed by atoms with Crippen LogP contribution in [0, 0.1) is 5.41 Å². The van der Waals surface area contributed by atoms with Crippen LogP contribution in [0.5, 0.6) is 5.75 Å². The Morgan fingerprint density at radius 2 is 2.21 bits per heavy atom. The molecule has 0 amide bonds. The summed E-state index contributed by atoms with van der Waals surface area (Å²) in [6.45, 7) is 7.39. The lowest BCUT2D eigenvalue weighted by molar-refractivity contribution is 0.127. The molecule has 1 aromatic rings. The van der Waals surface area contributed by atoms with Crippen molar-refractivity contribution in [3.63, 3.8) is 0 Å². The van der Waals surface area contributed by atoms with E-state index in [2.05, 4.69) is 35.8 Å². The molecule has 1 aromatic carbocycles. The first kappa shape index (κ1) is 12.9. The summed E-state index contributed by atoms with van der Waals surface area (Å²) in [4.78, 5) is 0. The number of benzene rings is 1. The predicted octanol–water partition coefficient (Wildman–Crippen LogP) is 2.10. The third-order valence-electron chi connectivity index (χ3n) is 4.36. The number of piperidine rings is 1. The molecule has 2 aliphatic rings. The third-order valence-corrected chi connectivity index (χ3v) is 4.36. The summed E-state index contributed by atoms with van der Waals surface area (Å²) >= 11 is 0. The number of hydrogen-bond donors (Lipinski definition) is 2. The first-order valence-corrected chi connectivity index (χ1v) is 7.42. The fourth-order valence-electron chi connectivity index (χ4n) is 3.11. The van der Waals surface area contributed by atoms with E-state index in [0.717, 1.165) is 45.0 Å². The van der Waals surface area contributed by atoms with Gasteiger partial charge >= 0.3 is 0 Å². The molecule has 19 heavy (non-hydrogen) atoms. The monoisotopic (exact) mass is 260 g/mol. The summed E-state index contributed by atoms with van der Waals surface area (Å²) in [5.41, 5.74) is 3.09. The minimum absolute atomic E-state index is 0.281. The number of fused-ring (bicyclic) bond motifs is 1. The molecule has 0 aromatic heterocycles. The highest BCUT2D eigenvalue weighted by atomic mass is 16.5. The van der Waals surface area contributed by atoms with Crippen molar-refractivity contribution in [2.45, 2.75) is 32.7 Å². The highest BCUT2D eigenvalue weighted by molar-refractivity contribution is 5.41. The minimum atomic E-state index is 0.281. The van der Waals surface area contributed by atoms with Crippen molar-refractivity contribution in [3.05, 3.63) is 29.3 Å². The van der Waals surface area contributed by atoms with Gasteiger partial charge in [-0.1, -0.05) is 19.1 Å². The Labute approximate surface area is 115 Å². The van der Waals surface area contributed by atoms with E-state index in [1.165, 1.54) is 24.0 Å². The Morgan fingerprint density at radius 3 is 3.05 bits per heavy atom. The Hall–Kier alpha value is -1.06. The number of hydrogen-bond acceptors (Lipinski definition) is 3.